The van der Waals surface area contributed by atoms with Gasteiger partial charge in [0.15, 0.2) is 0 Å². The SMILES string of the molecule is Cc1c(CC(=O)N2CCN(c3ccccc3)CC2)c2ccccc2n1C. The zero-order valence-electron chi connectivity index (χ0n) is 15.5. The molecule has 0 atom stereocenters. The summed E-state index contributed by atoms with van der Waals surface area (Å²) in [7, 11) is 2.07. The molecule has 134 valence electrons. The average Bonchev–Trinajstić information content (AvgIpc) is 2.94. The molecule has 26 heavy (non-hydrogen) atoms. The summed E-state index contributed by atoms with van der Waals surface area (Å²) >= 11 is 0. The van der Waals surface area contributed by atoms with Crippen molar-refractivity contribution in [2.45, 2.75) is 13.3 Å². The second kappa shape index (κ2) is 6.87. The predicted octanol–water partition coefficient (Wildman–Crippen LogP) is 3.38. The lowest BCUT2D eigenvalue weighted by Gasteiger charge is -2.36. The van der Waals surface area contributed by atoms with E-state index in [4.69, 9.17) is 0 Å². The fraction of sp³-hybridized carbons (Fsp3) is 0.318. The molecule has 4 rings (SSSR count). The van der Waals surface area contributed by atoms with E-state index in [0.29, 0.717) is 6.42 Å². The smallest absolute Gasteiger partial charge is 0.227 e. The molecule has 2 heterocycles. The summed E-state index contributed by atoms with van der Waals surface area (Å²) in [4.78, 5) is 17.3. The van der Waals surface area contributed by atoms with Crippen LogP contribution in [0.3, 0.4) is 0 Å². The number of fused-ring (bicyclic) bond motifs is 1. The Bertz CT molecular complexity index is 921. The molecular formula is C22H25N3O. The van der Waals surface area contributed by atoms with Crippen molar-refractivity contribution >= 4 is 22.5 Å². The maximum Gasteiger partial charge on any atom is 0.227 e. The highest BCUT2D eigenvalue weighted by Crippen LogP contribution is 2.26. The Hall–Kier alpha value is -2.75. The van der Waals surface area contributed by atoms with Crippen molar-refractivity contribution in [2.75, 3.05) is 31.1 Å². The Labute approximate surface area is 154 Å². The molecule has 1 aliphatic rings. The highest BCUT2D eigenvalue weighted by Gasteiger charge is 2.23. The number of rotatable bonds is 3. The zero-order valence-corrected chi connectivity index (χ0v) is 15.5. The van der Waals surface area contributed by atoms with E-state index in [0.717, 1.165) is 26.2 Å². The Morgan fingerprint density at radius 2 is 1.58 bits per heavy atom. The van der Waals surface area contributed by atoms with Gasteiger partial charge >= 0.3 is 0 Å². The molecule has 0 bridgehead atoms. The van der Waals surface area contributed by atoms with Crippen LogP contribution in [0.1, 0.15) is 11.3 Å². The number of anilines is 1. The molecule has 4 nitrogen and oxygen atoms in total. The summed E-state index contributed by atoms with van der Waals surface area (Å²) in [5.74, 6) is 0.233. The maximum absolute atomic E-state index is 12.9. The van der Waals surface area contributed by atoms with Crippen molar-refractivity contribution < 1.29 is 4.79 Å². The van der Waals surface area contributed by atoms with Crippen molar-refractivity contribution in [3.05, 3.63) is 65.9 Å². The summed E-state index contributed by atoms with van der Waals surface area (Å²) in [5.41, 5.74) is 4.78. The summed E-state index contributed by atoms with van der Waals surface area (Å²) in [6, 6.07) is 18.8. The fourth-order valence-corrected chi connectivity index (χ4v) is 3.94. The summed E-state index contributed by atoms with van der Waals surface area (Å²) in [6.07, 6.45) is 0.485. The maximum atomic E-state index is 12.9. The third-order valence-corrected chi connectivity index (χ3v) is 5.61. The molecule has 1 aromatic heterocycles. The number of nitrogens with zero attached hydrogens (tertiary/aromatic N) is 3. The molecule has 0 unspecified atom stereocenters. The van der Waals surface area contributed by atoms with Crippen LogP contribution in [0.2, 0.25) is 0 Å². The number of benzene rings is 2. The Morgan fingerprint density at radius 3 is 2.31 bits per heavy atom. The van der Waals surface area contributed by atoms with E-state index in [1.54, 1.807) is 0 Å². The number of carbonyl (C=O) groups excluding carboxylic acids is 1. The van der Waals surface area contributed by atoms with Crippen LogP contribution in [-0.2, 0) is 18.3 Å². The van der Waals surface area contributed by atoms with Crippen LogP contribution in [0.25, 0.3) is 10.9 Å². The van der Waals surface area contributed by atoms with Crippen LogP contribution < -0.4 is 4.90 Å². The topological polar surface area (TPSA) is 28.5 Å². The van der Waals surface area contributed by atoms with Crippen LogP contribution >= 0.6 is 0 Å². The minimum atomic E-state index is 0.233. The molecule has 0 saturated carbocycles. The third kappa shape index (κ3) is 2.96. The molecule has 1 amide bonds. The van der Waals surface area contributed by atoms with Gasteiger partial charge in [-0.2, -0.15) is 0 Å². The summed E-state index contributed by atoms with van der Waals surface area (Å²) < 4.78 is 2.19. The summed E-state index contributed by atoms with van der Waals surface area (Å²) in [6.45, 7) is 5.47. The number of hydrogen-bond acceptors (Lipinski definition) is 2. The minimum absolute atomic E-state index is 0.233. The zero-order chi connectivity index (χ0) is 18.1. The number of hydrogen-bond donors (Lipinski definition) is 0. The van der Waals surface area contributed by atoms with E-state index in [2.05, 4.69) is 65.9 Å². The molecule has 0 aliphatic carbocycles. The normalized spacial score (nSPS) is 14.8. The first-order chi connectivity index (χ1) is 12.6. The van der Waals surface area contributed by atoms with Gasteiger partial charge in [0.05, 0.1) is 6.42 Å². The van der Waals surface area contributed by atoms with E-state index in [1.807, 2.05) is 17.0 Å². The molecule has 0 spiro atoms. The van der Waals surface area contributed by atoms with Crippen LogP contribution in [0, 0.1) is 6.92 Å². The molecule has 0 radical (unpaired) electrons. The molecule has 1 aliphatic heterocycles. The first kappa shape index (κ1) is 16.7. The molecular weight excluding hydrogens is 322 g/mol. The molecule has 3 aromatic rings. The van der Waals surface area contributed by atoms with Gasteiger partial charge in [-0.25, -0.2) is 0 Å². The number of aryl methyl sites for hydroxylation is 1. The number of amides is 1. The quantitative estimate of drug-likeness (QED) is 0.727. The van der Waals surface area contributed by atoms with Crippen molar-refractivity contribution in [3.63, 3.8) is 0 Å². The van der Waals surface area contributed by atoms with Crippen LogP contribution in [-0.4, -0.2) is 41.6 Å². The van der Waals surface area contributed by atoms with Gasteiger partial charge < -0.3 is 14.4 Å². The molecule has 1 saturated heterocycles. The first-order valence-corrected chi connectivity index (χ1v) is 9.26. The largest absolute Gasteiger partial charge is 0.368 e. The molecule has 2 aromatic carbocycles. The van der Waals surface area contributed by atoms with E-state index < -0.39 is 0 Å². The number of para-hydroxylation sites is 2. The molecule has 0 N–H and O–H groups in total. The summed E-state index contributed by atoms with van der Waals surface area (Å²) in [5, 5.41) is 1.20. The van der Waals surface area contributed by atoms with Gasteiger partial charge in [0, 0.05) is 55.5 Å². The van der Waals surface area contributed by atoms with Gasteiger partial charge in [-0.15, -0.1) is 0 Å². The molecule has 4 heteroatoms. The average molecular weight is 347 g/mol. The minimum Gasteiger partial charge on any atom is -0.368 e. The number of aromatic nitrogens is 1. The lowest BCUT2D eigenvalue weighted by atomic mass is 10.1. The van der Waals surface area contributed by atoms with Crippen molar-refractivity contribution in [2.24, 2.45) is 7.05 Å². The Balaban J connectivity index is 1.46. The lowest BCUT2D eigenvalue weighted by Crippen LogP contribution is -2.49. The standard InChI is InChI=1S/C22H25N3O/c1-17-20(19-10-6-7-11-21(19)23(17)2)16-22(26)25-14-12-24(13-15-25)18-8-4-3-5-9-18/h3-11H,12-16H2,1-2H3. The van der Waals surface area contributed by atoms with Gasteiger partial charge in [-0.1, -0.05) is 36.4 Å². The number of piperazine rings is 1. The monoisotopic (exact) mass is 347 g/mol. The van der Waals surface area contributed by atoms with E-state index in [9.17, 15) is 4.79 Å². The molecule has 1 fully saturated rings. The van der Waals surface area contributed by atoms with Crippen LogP contribution in [0.15, 0.2) is 54.6 Å². The number of carbonyl (C=O) groups is 1. The second-order valence-corrected chi connectivity index (χ2v) is 7.02. The highest BCUT2D eigenvalue weighted by atomic mass is 16.2. The van der Waals surface area contributed by atoms with E-state index in [-0.39, 0.29) is 5.91 Å². The third-order valence-electron chi connectivity index (χ3n) is 5.61. The van der Waals surface area contributed by atoms with Gasteiger partial charge in [0.1, 0.15) is 0 Å². The van der Waals surface area contributed by atoms with Gasteiger partial charge in [-0.05, 0) is 30.7 Å². The highest BCUT2D eigenvalue weighted by molar-refractivity contribution is 5.90. The van der Waals surface area contributed by atoms with Crippen molar-refractivity contribution in [1.82, 2.24) is 9.47 Å². The Morgan fingerprint density at radius 1 is 0.923 bits per heavy atom. The van der Waals surface area contributed by atoms with E-state index in [1.165, 1.54) is 27.8 Å². The first-order valence-electron chi connectivity index (χ1n) is 9.26. The second-order valence-electron chi connectivity index (χ2n) is 7.02. The lowest BCUT2D eigenvalue weighted by molar-refractivity contribution is -0.130. The van der Waals surface area contributed by atoms with Crippen molar-refractivity contribution in [1.29, 1.82) is 0 Å². The Kier molecular flexibility index (Phi) is 4.41. The fourth-order valence-electron chi connectivity index (χ4n) is 3.94. The van der Waals surface area contributed by atoms with Gasteiger partial charge in [0.2, 0.25) is 5.91 Å². The van der Waals surface area contributed by atoms with Crippen LogP contribution in [0.5, 0.6) is 0 Å². The predicted molar refractivity (Wildman–Crippen MR) is 107 cm³/mol. The van der Waals surface area contributed by atoms with Gasteiger partial charge in [0.25, 0.3) is 0 Å². The van der Waals surface area contributed by atoms with Crippen molar-refractivity contribution in [3.8, 4) is 0 Å². The van der Waals surface area contributed by atoms with E-state index >= 15 is 0 Å². The van der Waals surface area contributed by atoms with Gasteiger partial charge in [-0.3, -0.25) is 4.79 Å². The van der Waals surface area contributed by atoms with Crippen LogP contribution in [0.4, 0.5) is 5.69 Å².